The molecule has 0 fully saturated rings. The first-order chi connectivity index (χ1) is 3.80. The lowest BCUT2D eigenvalue weighted by atomic mass is 10.1. The van der Waals surface area contributed by atoms with Gasteiger partial charge >= 0.3 is 0 Å². The number of rotatable bonds is 1. The van der Waals surface area contributed by atoms with Crippen molar-refractivity contribution in [2.24, 2.45) is 5.92 Å². The molecular formula is C6H9O2. The fourth-order valence-electron chi connectivity index (χ4n) is 0.592. The third-order valence-corrected chi connectivity index (χ3v) is 1.17. The van der Waals surface area contributed by atoms with E-state index in [0.29, 0.717) is 0 Å². The molecule has 0 saturated carbocycles. The number of aliphatic hydroxyl groups is 1. The Bertz CT molecular complexity index is 96.7. The van der Waals surface area contributed by atoms with Gasteiger partial charge in [-0.2, -0.15) is 0 Å². The normalized spacial score (nSPS) is 30.0. The monoisotopic (exact) mass is 113 g/mol. The van der Waals surface area contributed by atoms with Crippen LogP contribution in [0, 0.1) is 12.5 Å². The van der Waals surface area contributed by atoms with Gasteiger partial charge in [-0.25, -0.2) is 0 Å². The van der Waals surface area contributed by atoms with Crippen LogP contribution in [0.4, 0.5) is 0 Å². The minimum Gasteiger partial charge on any atom is -0.494 e. The van der Waals surface area contributed by atoms with Crippen LogP contribution in [0.25, 0.3) is 0 Å². The Labute approximate surface area is 48.8 Å². The minimum atomic E-state index is -0.325. The number of hydrogen-bond donors (Lipinski definition) is 1. The summed E-state index contributed by atoms with van der Waals surface area (Å²) in [5, 5.41) is 8.89. The van der Waals surface area contributed by atoms with Crippen molar-refractivity contribution in [2.75, 3.05) is 0 Å². The van der Waals surface area contributed by atoms with Crippen molar-refractivity contribution < 1.29 is 9.84 Å². The molecule has 0 aliphatic carbocycles. The molecule has 0 aromatic heterocycles. The van der Waals surface area contributed by atoms with E-state index in [2.05, 4.69) is 0 Å². The fraction of sp³-hybridized carbons (Fsp3) is 0.500. The highest BCUT2D eigenvalue weighted by molar-refractivity contribution is 4.97. The SMILES string of the molecule is CC(O)C1[CH]OC=C1. The molecular weight excluding hydrogens is 104 g/mol. The lowest BCUT2D eigenvalue weighted by molar-refractivity contribution is 0.144. The molecule has 2 heteroatoms. The largest absolute Gasteiger partial charge is 0.494 e. The maximum absolute atomic E-state index is 8.89. The molecule has 1 N–H and O–H groups in total. The third-order valence-electron chi connectivity index (χ3n) is 1.17. The Morgan fingerprint density at radius 3 is 2.75 bits per heavy atom. The van der Waals surface area contributed by atoms with Gasteiger partial charge in [0.1, 0.15) is 6.61 Å². The fourth-order valence-corrected chi connectivity index (χ4v) is 0.592. The first-order valence-electron chi connectivity index (χ1n) is 2.64. The van der Waals surface area contributed by atoms with E-state index in [-0.39, 0.29) is 12.0 Å². The molecule has 0 amide bonds. The van der Waals surface area contributed by atoms with Gasteiger partial charge in [0.2, 0.25) is 0 Å². The van der Waals surface area contributed by atoms with E-state index in [1.807, 2.05) is 6.08 Å². The quantitative estimate of drug-likeness (QED) is 0.542. The number of ether oxygens (including phenoxy) is 1. The van der Waals surface area contributed by atoms with Gasteiger partial charge in [0.15, 0.2) is 0 Å². The molecule has 8 heavy (non-hydrogen) atoms. The van der Waals surface area contributed by atoms with E-state index in [4.69, 9.17) is 9.84 Å². The van der Waals surface area contributed by atoms with Crippen LogP contribution >= 0.6 is 0 Å². The zero-order chi connectivity index (χ0) is 5.98. The second kappa shape index (κ2) is 2.18. The molecule has 2 nitrogen and oxygen atoms in total. The average molecular weight is 113 g/mol. The summed E-state index contributed by atoms with van der Waals surface area (Å²) in [6.45, 7) is 3.35. The van der Waals surface area contributed by atoms with E-state index in [0.717, 1.165) is 0 Å². The van der Waals surface area contributed by atoms with Crippen LogP contribution in [0.2, 0.25) is 0 Å². The molecule has 0 spiro atoms. The van der Waals surface area contributed by atoms with Crippen LogP contribution in [0.5, 0.6) is 0 Å². The second-order valence-corrected chi connectivity index (χ2v) is 1.92. The Morgan fingerprint density at radius 1 is 1.75 bits per heavy atom. The summed E-state index contributed by atoms with van der Waals surface area (Å²) >= 11 is 0. The van der Waals surface area contributed by atoms with Crippen LogP contribution < -0.4 is 0 Å². The zero-order valence-electron chi connectivity index (χ0n) is 4.74. The van der Waals surface area contributed by atoms with Gasteiger partial charge in [-0.05, 0) is 13.0 Å². The van der Waals surface area contributed by atoms with Crippen molar-refractivity contribution in [3.05, 3.63) is 18.9 Å². The Balaban J connectivity index is 2.36. The van der Waals surface area contributed by atoms with Crippen LogP contribution in [-0.2, 0) is 4.74 Å². The summed E-state index contributed by atoms with van der Waals surface area (Å²) in [7, 11) is 0. The summed E-state index contributed by atoms with van der Waals surface area (Å²) in [4.78, 5) is 0. The van der Waals surface area contributed by atoms with Crippen molar-refractivity contribution in [1.82, 2.24) is 0 Å². The van der Waals surface area contributed by atoms with E-state index in [9.17, 15) is 0 Å². The summed E-state index contributed by atoms with van der Waals surface area (Å²) in [6.07, 6.45) is 3.08. The molecule has 1 rings (SSSR count). The first kappa shape index (κ1) is 5.63. The van der Waals surface area contributed by atoms with Crippen LogP contribution in [0.3, 0.4) is 0 Å². The van der Waals surface area contributed by atoms with Crippen molar-refractivity contribution in [2.45, 2.75) is 13.0 Å². The van der Waals surface area contributed by atoms with Gasteiger partial charge in [-0.3, -0.25) is 0 Å². The highest BCUT2D eigenvalue weighted by Gasteiger charge is 2.15. The minimum absolute atomic E-state index is 0.0926. The smallest absolute Gasteiger partial charge is 0.144 e. The Morgan fingerprint density at radius 2 is 2.50 bits per heavy atom. The summed E-state index contributed by atoms with van der Waals surface area (Å²) in [6, 6.07) is 0. The van der Waals surface area contributed by atoms with Gasteiger partial charge < -0.3 is 9.84 Å². The van der Waals surface area contributed by atoms with Gasteiger partial charge in [0.25, 0.3) is 0 Å². The zero-order valence-corrected chi connectivity index (χ0v) is 4.74. The van der Waals surface area contributed by atoms with Crippen molar-refractivity contribution in [3.63, 3.8) is 0 Å². The van der Waals surface area contributed by atoms with Gasteiger partial charge in [0.05, 0.1) is 12.4 Å². The van der Waals surface area contributed by atoms with Crippen molar-refractivity contribution in [1.29, 1.82) is 0 Å². The summed E-state index contributed by atoms with van der Waals surface area (Å²) in [5.74, 6) is 0.0926. The molecule has 0 saturated heterocycles. The predicted molar refractivity (Wildman–Crippen MR) is 29.7 cm³/mol. The van der Waals surface area contributed by atoms with Gasteiger partial charge in [-0.1, -0.05) is 0 Å². The molecule has 1 radical (unpaired) electrons. The van der Waals surface area contributed by atoms with Crippen LogP contribution in [0.15, 0.2) is 12.3 Å². The van der Waals surface area contributed by atoms with Crippen LogP contribution in [0.1, 0.15) is 6.92 Å². The molecule has 1 aliphatic heterocycles. The highest BCUT2D eigenvalue weighted by Crippen LogP contribution is 2.16. The molecule has 1 aliphatic rings. The molecule has 2 atom stereocenters. The molecule has 45 valence electrons. The summed E-state index contributed by atoms with van der Waals surface area (Å²) in [5.41, 5.74) is 0. The maximum Gasteiger partial charge on any atom is 0.144 e. The maximum atomic E-state index is 8.89. The highest BCUT2D eigenvalue weighted by atomic mass is 16.5. The van der Waals surface area contributed by atoms with E-state index in [1.54, 1.807) is 19.8 Å². The van der Waals surface area contributed by atoms with E-state index in [1.165, 1.54) is 0 Å². The standard InChI is InChI=1S/C6H9O2/c1-5(7)6-2-3-8-4-6/h2-7H,1H3. The van der Waals surface area contributed by atoms with E-state index < -0.39 is 0 Å². The molecule has 0 aromatic rings. The molecule has 1 heterocycles. The van der Waals surface area contributed by atoms with Crippen molar-refractivity contribution in [3.8, 4) is 0 Å². The molecule has 2 unspecified atom stereocenters. The number of aliphatic hydroxyl groups excluding tert-OH is 1. The van der Waals surface area contributed by atoms with Crippen molar-refractivity contribution >= 4 is 0 Å². The van der Waals surface area contributed by atoms with Gasteiger partial charge in [0, 0.05) is 5.92 Å². The number of hydrogen-bond acceptors (Lipinski definition) is 2. The van der Waals surface area contributed by atoms with E-state index >= 15 is 0 Å². The lowest BCUT2D eigenvalue weighted by Gasteiger charge is -2.06. The first-order valence-corrected chi connectivity index (χ1v) is 2.64. The average Bonchev–Trinajstić information content (AvgIpc) is 2.12. The third kappa shape index (κ3) is 1.01. The van der Waals surface area contributed by atoms with Gasteiger partial charge in [-0.15, -0.1) is 0 Å². The Kier molecular flexibility index (Phi) is 1.53. The topological polar surface area (TPSA) is 29.5 Å². The predicted octanol–water partition coefficient (Wildman–Crippen LogP) is 0.689. The van der Waals surface area contributed by atoms with Crippen LogP contribution in [-0.4, -0.2) is 11.2 Å². The molecule has 0 bridgehead atoms. The second-order valence-electron chi connectivity index (χ2n) is 1.92. The molecule has 0 aromatic carbocycles. The summed E-state index contributed by atoms with van der Waals surface area (Å²) < 4.78 is 4.75. The Hall–Kier alpha value is -0.500. The lowest BCUT2D eigenvalue weighted by Crippen LogP contribution is -2.11.